The highest BCUT2D eigenvalue weighted by Crippen LogP contribution is 2.30. The van der Waals surface area contributed by atoms with E-state index in [2.05, 4.69) is 5.32 Å². The summed E-state index contributed by atoms with van der Waals surface area (Å²) >= 11 is 1.28. The molecule has 0 atom stereocenters. The summed E-state index contributed by atoms with van der Waals surface area (Å²) in [6, 6.07) is 3.49. The van der Waals surface area contributed by atoms with E-state index in [0.717, 1.165) is 0 Å². The number of amides is 2. The molecule has 2 rings (SSSR count). The molecule has 0 bridgehead atoms. The van der Waals surface area contributed by atoms with Gasteiger partial charge in [-0.1, -0.05) is 32.5 Å². The topological polar surface area (TPSA) is 79.6 Å². The van der Waals surface area contributed by atoms with Crippen LogP contribution in [0.25, 0.3) is 0 Å². The van der Waals surface area contributed by atoms with Gasteiger partial charge in [0.2, 0.25) is 11.8 Å². The summed E-state index contributed by atoms with van der Waals surface area (Å²) in [6.07, 6.45) is 2.98. The minimum atomic E-state index is -0.521. The first-order chi connectivity index (χ1) is 10.8. The molecule has 0 unspecified atom stereocenters. The number of nitrogens with one attached hydrogen (secondary N) is 1. The van der Waals surface area contributed by atoms with Gasteiger partial charge in [-0.3, -0.25) is 19.3 Å². The minimum absolute atomic E-state index is 0.0734. The lowest BCUT2D eigenvalue weighted by Gasteiger charge is -2.18. The summed E-state index contributed by atoms with van der Waals surface area (Å²) in [6.45, 7) is 5.60. The highest BCUT2D eigenvalue weighted by atomic mass is 32.2. The van der Waals surface area contributed by atoms with Crippen molar-refractivity contribution in [1.82, 2.24) is 10.2 Å². The van der Waals surface area contributed by atoms with Crippen molar-refractivity contribution >= 4 is 29.4 Å². The van der Waals surface area contributed by atoms with Gasteiger partial charge in [-0.2, -0.15) is 0 Å². The predicted molar refractivity (Wildman–Crippen MR) is 87.3 cm³/mol. The molecule has 1 fully saturated rings. The number of thioether (sulfide) groups is 1. The number of ketones is 1. The zero-order valence-corrected chi connectivity index (χ0v) is 14.2. The number of allylic oxidation sites excluding steroid dienone is 1. The van der Waals surface area contributed by atoms with E-state index < -0.39 is 5.41 Å². The molecule has 2 heterocycles. The summed E-state index contributed by atoms with van der Waals surface area (Å²) in [4.78, 5) is 37.4. The second-order valence-electron chi connectivity index (χ2n) is 6.22. The lowest BCUT2D eigenvalue weighted by atomic mass is 9.91. The number of carbonyl (C=O) groups is 3. The van der Waals surface area contributed by atoms with Gasteiger partial charge >= 0.3 is 0 Å². The molecule has 6 nitrogen and oxygen atoms in total. The van der Waals surface area contributed by atoms with Crippen LogP contribution in [-0.4, -0.2) is 34.8 Å². The van der Waals surface area contributed by atoms with Gasteiger partial charge in [0.25, 0.3) is 0 Å². The Morgan fingerprint density at radius 2 is 2.17 bits per heavy atom. The van der Waals surface area contributed by atoms with Crippen molar-refractivity contribution in [2.45, 2.75) is 27.3 Å². The van der Waals surface area contributed by atoms with Gasteiger partial charge in [0.05, 0.1) is 23.6 Å². The molecule has 0 radical (unpaired) electrons. The van der Waals surface area contributed by atoms with Crippen molar-refractivity contribution < 1.29 is 18.8 Å². The molecule has 1 saturated heterocycles. The number of rotatable bonds is 5. The summed E-state index contributed by atoms with van der Waals surface area (Å²) in [5, 5.41) is 3.22. The summed E-state index contributed by atoms with van der Waals surface area (Å²) in [5.74, 6) is 0.339. The molecule has 0 aliphatic carbocycles. The maximum atomic E-state index is 12.1. The first-order valence-corrected chi connectivity index (χ1v) is 8.24. The lowest BCUT2D eigenvalue weighted by molar-refractivity contribution is -0.131. The van der Waals surface area contributed by atoms with Gasteiger partial charge in [-0.15, -0.1) is 0 Å². The fraction of sp³-hybridized carbons (Fsp3) is 0.438. The molecule has 0 spiro atoms. The number of hydrogen-bond donors (Lipinski definition) is 1. The van der Waals surface area contributed by atoms with Crippen molar-refractivity contribution in [2.24, 2.45) is 5.41 Å². The molecule has 2 amide bonds. The Balaban J connectivity index is 1.98. The first-order valence-electron chi connectivity index (χ1n) is 7.26. The van der Waals surface area contributed by atoms with Crippen molar-refractivity contribution in [3.05, 3.63) is 35.3 Å². The van der Waals surface area contributed by atoms with Gasteiger partial charge < -0.3 is 9.73 Å². The monoisotopic (exact) mass is 336 g/mol. The molecule has 0 saturated carbocycles. The van der Waals surface area contributed by atoms with Crippen molar-refractivity contribution in [1.29, 1.82) is 0 Å². The highest BCUT2D eigenvalue weighted by molar-refractivity contribution is 8.04. The van der Waals surface area contributed by atoms with Crippen LogP contribution in [0.15, 0.2) is 33.9 Å². The number of hydrogen-bond acceptors (Lipinski definition) is 5. The van der Waals surface area contributed by atoms with E-state index in [1.165, 1.54) is 29.0 Å². The second-order valence-corrected chi connectivity index (χ2v) is 7.22. The van der Waals surface area contributed by atoms with Gasteiger partial charge in [0.15, 0.2) is 5.78 Å². The van der Waals surface area contributed by atoms with E-state index in [9.17, 15) is 14.4 Å². The van der Waals surface area contributed by atoms with Crippen molar-refractivity contribution in [3.8, 4) is 0 Å². The van der Waals surface area contributed by atoms with Crippen LogP contribution in [0.1, 0.15) is 26.5 Å². The van der Waals surface area contributed by atoms with Crippen molar-refractivity contribution in [2.75, 3.05) is 12.3 Å². The quantitative estimate of drug-likeness (QED) is 0.831. The Labute approximate surface area is 139 Å². The predicted octanol–water partition coefficient (Wildman–Crippen LogP) is 1.93. The van der Waals surface area contributed by atoms with E-state index >= 15 is 0 Å². The lowest BCUT2D eigenvalue weighted by Crippen LogP contribution is -2.37. The van der Waals surface area contributed by atoms with Gasteiger partial charge in [-0.25, -0.2) is 0 Å². The number of nitrogens with zero attached hydrogens (tertiary/aromatic N) is 1. The number of carbonyl (C=O) groups excluding carboxylic acids is 3. The van der Waals surface area contributed by atoms with Crippen LogP contribution in [0.3, 0.4) is 0 Å². The largest absolute Gasteiger partial charge is 0.467 e. The molecule has 1 aromatic heterocycles. The zero-order valence-electron chi connectivity index (χ0n) is 13.4. The summed E-state index contributed by atoms with van der Waals surface area (Å²) in [5.41, 5.74) is -0.521. The summed E-state index contributed by atoms with van der Waals surface area (Å²) in [7, 11) is 0. The van der Waals surface area contributed by atoms with Gasteiger partial charge in [-0.05, 0) is 12.1 Å². The molecule has 0 aromatic carbocycles. The molecule has 1 aromatic rings. The van der Waals surface area contributed by atoms with Crippen LogP contribution < -0.4 is 5.32 Å². The Morgan fingerprint density at radius 3 is 2.78 bits per heavy atom. The molecule has 1 aliphatic rings. The summed E-state index contributed by atoms with van der Waals surface area (Å²) < 4.78 is 5.13. The third kappa shape index (κ3) is 4.72. The van der Waals surface area contributed by atoms with E-state index in [4.69, 9.17) is 4.42 Å². The smallest absolute Gasteiger partial charge is 0.240 e. The third-order valence-corrected chi connectivity index (χ3v) is 4.27. The maximum absolute atomic E-state index is 12.1. The number of furan rings is 1. The van der Waals surface area contributed by atoms with E-state index in [1.807, 2.05) is 20.8 Å². The fourth-order valence-electron chi connectivity index (χ4n) is 1.83. The molecule has 23 heavy (non-hydrogen) atoms. The maximum Gasteiger partial charge on any atom is 0.240 e. The Kier molecular flexibility index (Phi) is 5.30. The molecule has 1 aliphatic heterocycles. The van der Waals surface area contributed by atoms with Crippen LogP contribution in [0.2, 0.25) is 0 Å². The molecule has 1 N–H and O–H groups in total. The molecule has 124 valence electrons. The van der Waals surface area contributed by atoms with Crippen LogP contribution in [0.4, 0.5) is 0 Å². The van der Waals surface area contributed by atoms with Gasteiger partial charge in [0, 0.05) is 11.5 Å². The fourth-order valence-corrected chi connectivity index (χ4v) is 2.77. The molecular weight excluding hydrogens is 316 g/mol. The first kappa shape index (κ1) is 17.3. The average Bonchev–Trinajstić information content (AvgIpc) is 3.09. The highest BCUT2D eigenvalue weighted by Gasteiger charge is 2.30. The Bertz CT molecular complexity index is 629. The van der Waals surface area contributed by atoms with Crippen LogP contribution >= 0.6 is 11.8 Å². The van der Waals surface area contributed by atoms with E-state index in [0.29, 0.717) is 10.8 Å². The van der Waals surface area contributed by atoms with Crippen LogP contribution in [0, 0.1) is 5.41 Å². The van der Waals surface area contributed by atoms with Crippen molar-refractivity contribution in [3.63, 3.8) is 0 Å². The van der Waals surface area contributed by atoms with E-state index in [-0.39, 0.29) is 36.4 Å². The average molecular weight is 336 g/mol. The molecule has 7 heteroatoms. The SMILES string of the molecule is CC(C)(C)C(=O)/C=C1/SCC(=O)N1CC(=O)NCc1ccco1. The third-order valence-electron chi connectivity index (χ3n) is 3.25. The molecular formula is C16H20N2O4S. The standard InChI is InChI=1S/C16H20N2O4S/c1-16(2,3)12(19)7-15-18(14(21)10-23-15)9-13(20)17-8-11-5-4-6-22-11/h4-7H,8-10H2,1-3H3,(H,17,20)/b15-7+. The Morgan fingerprint density at radius 1 is 1.43 bits per heavy atom. The van der Waals surface area contributed by atoms with E-state index in [1.54, 1.807) is 12.1 Å². The van der Waals surface area contributed by atoms with Crippen LogP contribution in [-0.2, 0) is 20.9 Å². The second kappa shape index (κ2) is 7.04. The van der Waals surface area contributed by atoms with Crippen LogP contribution in [0.5, 0.6) is 0 Å². The van der Waals surface area contributed by atoms with Gasteiger partial charge in [0.1, 0.15) is 12.3 Å². The normalized spacial score (nSPS) is 16.9. The zero-order chi connectivity index (χ0) is 17.0. The Hall–Kier alpha value is -2.02. The minimum Gasteiger partial charge on any atom is -0.467 e.